The topological polar surface area (TPSA) is 55.3 Å². The van der Waals surface area contributed by atoms with Gasteiger partial charge in [0.1, 0.15) is 17.6 Å². The van der Waals surface area contributed by atoms with E-state index in [9.17, 15) is 0 Å². The molecule has 0 aliphatic heterocycles. The van der Waals surface area contributed by atoms with Gasteiger partial charge >= 0.3 is 0 Å². The van der Waals surface area contributed by atoms with Gasteiger partial charge in [-0.3, -0.25) is 4.99 Å². The minimum absolute atomic E-state index is 0. The number of hydrogen-bond donors (Lipinski definition) is 1. The zero-order valence-electron chi connectivity index (χ0n) is 16.2. The Balaban J connectivity index is 0.00000338. The van der Waals surface area contributed by atoms with Crippen LogP contribution >= 0.6 is 24.0 Å². The Kier molecular flexibility index (Phi) is 10.7. The molecule has 1 atom stereocenters. The molecule has 1 N–H and O–H groups in total. The summed E-state index contributed by atoms with van der Waals surface area (Å²) in [5.41, 5.74) is 0. The zero-order valence-corrected chi connectivity index (χ0v) is 18.6. The van der Waals surface area contributed by atoms with Crippen LogP contribution in [0.4, 0.5) is 0 Å². The molecule has 1 unspecified atom stereocenters. The second-order valence-electron chi connectivity index (χ2n) is 6.47. The zero-order chi connectivity index (χ0) is 18.1. The normalized spacial score (nSPS) is 15.0. The number of ether oxygens (including phenoxy) is 3. The minimum atomic E-state index is 0. The third-order valence-electron chi connectivity index (χ3n) is 4.14. The maximum absolute atomic E-state index is 5.90. The lowest BCUT2D eigenvalue weighted by Crippen LogP contribution is -2.44. The van der Waals surface area contributed by atoms with E-state index in [0.717, 1.165) is 43.1 Å². The maximum atomic E-state index is 5.90. The molecule has 1 aromatic carbocycles. The van der Waals surface area contributed by atoms with Gasteiger partial charge in [0.25, 0.3) is 0 Å². The van der Waals surface area contributed by atoms with E-state index < -0.39 is 0 Å². The van der Waals surface area contributed by atoms with Crippen molar-refractivity contribution in [1.82, 2.24) is 10.2 Å². The van der Waals surface area contributed by atoms with Crippen molar-refractivity contribution in [2.45, 2.75) is 25.9 Å². The second kappa shape index (κ2) is 12.2. The number of nitrogens with one attached hydrogen (secondary N) is 1. The molecular formula is C19H32IN3O3. The maximum Gasteiger partial charge on any atom is 0.193 e. The fourth-order valence-electron chi connectivity index (χ4n) is 2.39. The van der Waals surface area contributed by atoms with Gasteiger partial charge in [-0.2, -0.15) is 0 Å². The van der Waals surface area contributed by atoms with E-state index in [1.807, 2.05) is 38.2 Å². The molecule has 0 saturated heterocycles. The van der Waals surface area contributed by atoms with Crippen LogP contribution in [-0.2, 0) is 4.74 Å². The number of guanidine groups is 1. The predicted molar refractivity (Wildman–Crippen MR) is 116 cm³/mol. The summed E-state index contributed by atoms with van der Waals surface area (Å²) in [5, 5.41) is 3.34. The van der Waals surface area contributed by atoms with Gasteiger partial charge in [0.05, 0.1) is 20.3 Å². The van der Waals surface area contributed by atoms with Crippen LogP contribution in [0.25, 0.3) is 0 Å². The first-order chi connectivity index (χ1) is 12.1. The molecule has 1 aliphatic rings. The van der Waals surface area contributed by atoms with Gasteiger partial charge in [0.15, 0.2) is 5.96 Å². The van der Waals surface area contributed by atoms with Crippen LogP contribution < -0.4 is 14.8 Å². The molecule has 1 aliphatic carbocycles. The van der Waals surface area contributed by atoms with Crippen LogP contribution in [0.2, 0.25) is 0 Å². The second-order valence-corrected chi connectivity index (χ2v) is 6.47. The van der Waals surface area contributed by atoms with Crippen LogP contribution in [0.5, 0.6) is 11.5 Å². The minimum Gasteiger partial charge on any atom is -0.497 e. The van der Waals surface area contributed by atoms with Gasteiger partial charge in [-0.1, -0.05) is 0 Å². The molecule has 0 bridgehead atoms. The van der Waals surface area contributed by atoms with Crippen LogP contribution in [0.15, 0.2) is 29.3 Å². The summed E-state index contributed by atoms with van der Waals surface area (Å²) >= 11 is 0. The van der Waals surface area contributed by atoms with Crippen LogP contribution in [-0.4, -0.2) is 64.5 Å². The SMILES string of the molecule is CN=C(NCC(C)Oc1ccc(OC)cc1)N(C)CCOCC1CC1.I. The van der Waals surface area contributed by atoms with Crippen molar-refractivity contribution < 1.29 is 14.2 Å². The van der Waals surface area contributed by atoms with Crippen LogP contribution in [0, 0.1) is 5.92 Å². The van der Waals surface area contributed by atoms with E-state index in [4.69, 9.17) is 14.2 Å². The van der Waals surface area contributed by atoms with E-state index in [1.54, 1.807) is 14.2 Å². The van der Waals surface area contributed by atoms with E-state index in [0.29, 0.717) is 6.54 Å². The van der Waals surface area contributed by atoms with Gasteiger partial charge < -0.3 is 24.4 Å². The molecule has 0 amide bonds. The first kappa shape index (κ1) is 22.8. The van der Waals surface area contributed by atoms with Crippen LogP contribution in [0.3, 0.4) is 0 Å². The third kappa shape index (κ3) is 8.44. The standard InChI is InChI=1S/C19H31N3O3.HI/c1-15(25-18-9-7-17(23-4)8-10-18)13-21-19(20-2)22(3)11-12-24-14-16-5-6-16;/h7-10,15-16H,5-6,11-14H2,1-4H3,(H,20,21);1H. The predicted octanol–water partition coefficient (Wildman–Crippen LogP) is 3.01. The summed E-state index contributed by atoms with van der Waals surface area (Å²) in [5.74, 6) is 3.30. The molecule has 26 heavy (non-hydrogen) atoms. The molecule has 1 aromatic rings. The number of methoxy groups -OCH3 is 1. The Morgan fingerprint density at radius 2 is 1.92 bits per heavy atom. The summed E-state index contributed by atoms with van der Waals surface area (Å²) < 4.78 is 16.7. The molecule has 0 heterocycles. The lowest BCUT2D eigenvalue weighted by atomic mass is 10.3. The van der Waals surface area contributed by atoms with Gasteiger partial charge in [-0.05, 0) is 49.9 Å². The molecule has 2 rings (SSSR count). The van der Waals surface area contributed by atoms with E-state index >= 15 is 0 Å². The molecular weight excluding hydrogens is 445 g/mol. The van der Waals surface area contributed by atoms with E-state index in [2.05, 4.69) is 15.2 Å². The van der Waals surface area contributed by atoms with Gasteiger partial charge in [0, 0.05) is 27.2 Å². The first-order valence-corrected chi connectivity index (χ1v) is 8.92. The largest absolute Gasteiger partial charge is 0.497 e. The smallest absolute Gasteiger partial charge is 0.193 e. The number of halogens is 1. The van der Waals surface area contributed by atoms with Crippen LogP contribution in [0.1, 0.15) is 19.8 Å². The molecule has 1 saturated carbocycles. The Morgan fingerprint density at radius 3 is 2.50 bits per heavy atom. The van der Waals surface area contributed by atoms with Crippen molar-refractivity contribution in [3.8, 4) is 11.5 Å². The highest BCUT2D eigenvalue weighted by Gasteiger charge is 2.21. The Morgan fingerprint density at radius 1 is 1.27 bits per heavy atom. The average molecular weight is 477 g/mol. The molecule has 148 valence electrons. The quantitative estimate of drug-likeness (QED) is 0.243. The fourth-order valence-corrected chi connectivity index (χ4v) is 2.39. The summed E-state index contributed by atoms with van der Waals surface area (Å²) in [4.78, 5) is 6.40. The highest BCUT2D eigenvalue weighted by molar-refractivity contribution is 14.0. The highest BCUT2D eigenvalue weighted by atomic mass is 127. The summed E-state index contributed by atoms with van der Waals surface area (Å²) in [6.45, 7) is 5.15. The monoisotopic (exact) mass is 477 g/mol. The fraction of sp³-hybridized carbons (Fsp3) is 0.632. The van der Waals surface area contributed by atoms with E-state index in [-0.39, 0.29) is 30.1 Å². The van der Waals surface area contributed by atoms with Gasteiger partial charge in [-0.15, -0.1) is 24.0 Å². The van der Waals surface area contributed by atoms with E-state index in [1.165, 1.54) is 12.8 Å². The number of rotatable bonds is 10. The number of aliphatic imine (C=N–C) groups is 1. The first-order valence-electron chi connectivity index (χ1n) is 8.92. The average Bonchev–Trinajstić information content (AvgIpc) is 3.44. The highest BCUT2D eigenvalue weighted by Crippen LogP contribution is 2.28. The van der Waals surface area contributed by atoms with Crippen molar-refractivity contribution in [2.24, 2.45) is 10.9 Å². The van der Waals surface area contributed by atoms with Crippen molar-refractivity contribution in [3.05, 3.63) is 24.3 Å². The van der Waals surface area contributed by atoms with Crippen molar-refractivity contribution in [3.63, 3.8) is 0 Å². The molecule has 0 aromatic heterocycles. The molecule has 6 nitrogen and oxygen atoms in total. The molecule has 0 radical (unpaired) electrons. The Hall–Kier alpha value is -1.22. The summed E-state index contributed by atoms with van der Waals surface area (Å²) in [7, 11) is 5.46. The molecule has 1 fully saturated rings. The number of hydrogen-bond acceptors (Lipinski definition) is 4. The Labute approximate surface area is 174 Å². The number of benzene rings is 1. The summed E-state index contributed by atoms with van der Waals surface area (Å²) in [6, 6.07) is 7.61. The number of nitrogens with zero attached hydrogens (tertiary/aromatic N) is 2. The molecule has 7 heteroatoms. The number of likely N-dealkylation sites (N-methyl/N-ethyl adjacent to an activating group) is 1. The van der Waals surface area contributed by atoms with Crippen molar-refractivity contribution in [1.29, 1.82) is 0 Å². The van der Waals surface area contributed by atoms with Gasteiger partial charge in [0.2, 0.25) is 0 Å². The van der Waals surface area contributed by atoms with Gasteiger partial charge in [-0.25, -0.2) is 0 Å². The summed E-state index contributed by atoms with van der Waals surface area (Å²) in [6.07, 6.45) is 2.67. The lowest BCUT2D eigenvalue weighted by molar-refractivity contribution is 0.115. The molecule has 0 spiro atoms. The lowest BCUT2D eigenvalue weighted by Gasteiger charge is -2.24. The van der Waals surface area contributed by atoms with Crippen molar-refractivity contribution >= 4 is 29.9 Å². The Bertz CT molecular complexity index is 535. The van der Waals surface area contributed by atoms with Crippen molar-refractivity contribution in [2.75, 3.05) is 47.5 Å². The third-order valence-corrected chi connectivity index (χ3v) is 4.14.